The van der Waals surface area contributed by atoms with Gasteiger partial charge in [-0.25, -0.2) is 9.18 Å². The summed E-state index contributed by atoms with van der Waals surface area (Å²) in [5.41, 5.74) is 0.791. The van der Waals surface area contributed by atoms with Crippen LogP contribution >= 0.6 is 23.2 Å². The molecule has 20 heavy (non-hydrogen) atoms. The molecule has 0 amide bonds. The maximum Gasteiger partial charge on any atom is 0.330 e. The van der Waals surface area contributed by atoms with E-state index < -0.39 is 17.8 Å². The van der Waals surface area contributed by atoms with Gasteiger partial charge in [0.25, 0.3) is 0 Å². The monoisotopic (exact) mass is 313 g/mol. The van der Waals surface area contributed by atoms with Gasteiger partial charge in [0, 0.05) is 5.69 Å². The van der Waals surface area contributed by atoms with Crippen LogP contribution in [0.2, 0.25) is 10.0 Å². The van der Waals surface area contributed by atoms with E-state index in [1.165, 1.54) is 30.3 Å². The van der Waals surface area contributed by atoms with Crippen LogP contribution in [0.15, 0.2) is 42.5 Å². The summed E-state index contributed by atoms with van der Waals surface area (Å²) in [5.74, 6) is -1.55. The van der Waals surface area contributed by atoms with Gasteiger partial charge in [0.1, 0.15) is 5.82 Å². The lowest BCUT2D eigenvalue weighted by Crippen LogP contribution is -2.20. The van der Waals surface area contributed by atoms with Crippen LogP contribution in [0.25, 0.3) is 0 Å². The molecular weight excluding hydrogens is 304 g/mol. The molecule has 0 fully saturated rings. The van der Waals surface area contributed by atoms with Crippen molar-refractivity contribution >= 4 is 34.9 Å². The Balaban J connectivity index is 2.32. The summed E-state index contributed by atoms with van der Waals surface area (Å²) >= 11 is 11.7. The summed E-state index contributed by atoms with van der Waals surface area (Å²) in [6, 6.07) is 9.05. The van der Waals surface area contributed by atoms with Crippen molar-refractivity contribution in [3.8, 4) is 0 Å². The van der Waals surface area contributed by atoms with E-state index in [9.17, 15) is 14.3 Å². The zero-order valence-electron chi connectivity index (χ0n) is 10.1. The highest BCUT2D eigenvalue weighted by atomic mass is 35.5. The Morgan fingerprint density at radius 1 is 1.15 bits per heavy atom. The van der Waals surface area contributed by atoms with Crippen LogP contribution in [0, 0.1) is 5.82 Å². The number of rotatable bonds is 4. The number of anilines is 1. The molecule has 2 rings (SSSR count). The third-order valence-electron chi connectivity index (χ3n) is 2.66. The van der Waals surface area contributed by atoms with Crippen molar-refractivity contribution in [3.63, 3.8) is 0 Å². The summed E-state index contributed by atoms with van der Waals surface area (Å²) in [5, 5.41) is 12.6. The van der Waals surface area contributed by atoms with Gasteiger partial charge in [-0.2, -0.15) is 0 Å². The molecule has 2 N–H and O–H groups in total. The van der Waals surface area contributed by atoms with Crippen molar-refractivity contribution in [2.75, 3.05) is 5.32 Å². The largest absolute Gasteiger partial charge is 0.479 e. The first-order valence-corrected chi connectivity index (χ1v) is 6.43. The van der Waals surface area contributed by atoms with Crippen molar-refractivity contribution in [2.45, 2.75) is 6.04 Å². The quantitative estimate of drug-likeness (QED) is 0.881. The molecule has 0 spiro atoms. The minimum absolute atomic E-state index is 0.261. The second kappa shape index (κ2) is 6.11. The number of benzene rings is 2. The van der Waals surface area contributed by atoms with Gasteiger partial charge in [-0.1, -0.05) is 35.3 Å². The molecule has 0 aliphatic heterocycles. The molecule has 1 unspecified atom stereocenters. The van der Waals surface area contributed by atoms with Gasteiger partial charge in [0.2, 0.25) is 0 Å². The Hall–Kier alpha value is -1.78. The number of nitrogens with one attached hydrogen (secondary N) is 1. The molecule has 0 radical (unpaired) electrons. The normalized spacial score (nSPS) is 11.9. The lowest BCUT2D eigenvalue weighted by molar-refractivity contribution is -0.138. The van der Waals surface area contributed by atoms with E-state index in [0.717, 1.165) is 0 Å². The average molecular weight is 314 g/mol. The second-order valence-electron chi connectivity index (χ2n) is 4.10. The van der Waals surface area contributed by atoms with Crippen LogP contribution in [-0.4, -0.2) is 11.1 Å². The highest BCUT2D eigenvalue weighted by molar-refractivity contribution is 6.42. The molecule has 2 aromatic rings. The molecule has 0 saturated heterocycles. The topological polar surface area (TPSA) is 49.3 Å². The first-order chi connectivity index (χ1) is 9.47. The third kappa shape index (κ3) is 3.40. The van der Waals surface area contributed by atoms with Crippen LogP contribution in [0.5, 0.6) is 0 Å². The highest BCUT2D eigenvalue weighted by Gasteiger charge is 2.20. The van der Waals surface area contributed by atoms with Crippen molar-refractivity contribution in [1.29, 1.82) is 0 Å². The fourth-order valence-corrected chi connectivity index (χ4v) is 2.03. The van der Waals surface area contributed by atoms with Crippen molar-refractivity contribution in [3.05, 3.63) is 63.9 Å². The Kier molecular flexibility index (Phi) is 4.47. The summed E-state index contributed by atoms with van der Waals surface area (Å²) in [7, 11) is 0. The predicted molar refractivity (Wildman–Crippen MR) is 76.9 cm³/mol. The molecule has 104 valence electrons. The van der Waals surface area contributed by atoms with E-state index >= 15 is 0 Å². The smallest absolute Gasteiger partial charge is 0.330 e. The molecular formula is C14H10Cl2FNO2. The van der Waals surface area contributed by atoms with Crippen LogP contribution < -0.4 is 5.32 Å². The van der Waals surface area contributed by atoms with Gasteiger partial charge < -0.3 is 10.4 Å². The van der Waals surface area contributed by atoms with Gasteiger partial charge in [0.05, 0.1) is 10.0 Å². The second-order valence-corrected chi connectivity index (χ2v) is 4.91. The number of halogens is 3. The maximum atomic E-state index is 13.1. The molecule has 0 aliphatic carbocycles. The van der Waals surface area contributed by atoms with Crippen LogP contribution in [0.3, 0.4) is 0 Å². The maximum absolute atomic E-state index is 13.1. The Labute approximate surface area is 124 Å². The number of hydrogen-bond donors (Lipinski definition) is 2. The van der Waals surface area contributed by atoms with Crippen LogP contribution in [0.4, 0.5) is 10.1 Å². The minimum atomic E-state index is -1.10. The molecule has 0 aliphatic rings. The molecule has 0 aromatic heterocycles. The Morgan fingerprint density at radius 2 is 1.90 bits per heavy atom. The lowest BCUT2D eigenvalue weighted by atomic mass is 10.1. The van der Waals surface area contributed by atoms with Gasteiger partial charge in [-0.05, 0) is 35.9 Å². The van der Waals surface area contributed by atoms with E-state index in [2.05, 4.69) is 5.32 Å². The summed E-state index contributed by atoms with van der Waals surface area (Å²) in [4.78, 5) is 11.4. The van der Waals surface area contributed by atoms with Gasteiger partial charge in [-0.15, -0.1) is 0 Å². The third-order valence-corrected chi connectivity index (χ3v) is 3.40. The Morgan fingerprint density at radius 3 is 2.50 bits per heavy atom. The number of carboxylic acids is 1. The number of carbonyl (C=O) groups is 1. The van der Waals surface area contributed by atoms with Crippen LogP contribution in [-0.2, 0) is 4.79 Å². The number of carboxylic acid groups (broad SMARTS) is 1. The minimum Gasteiger partial charge on any atom is -0.479 e. The van der Waals surface area contributed by atoms with E-state index in [-0.39, 0.29) is 5.02 Å². The molecule has 0 heterocycles. The van der Waals surface area contributed by atoms with E-state index in [0.29, 0.717) is 16.3 Å². The Bertz CT molecular complexity index is 649. The molecule has 6 heteroatoms. The van der Waals surface area contributed by atoms with Gasteiger partial charge >= 0.3 is 5.97 Å². The first kappa shape index (κ1) is 14.6. The standard InChI is InChI=1S/C14H10Cl2FNO2/c15-11-5-4-8(6-12(11)16)13(14(19)20)18-10-3-1-2-9(17)7-10/h1-7,13,18H,(H,19,20). The SMILES string of the molecule is O=C(O)C(Nc1cccc(F)c1)c1ccc(Cl)c(Cl)c1. The van der Waals surface area contributed by atoms with Crippen molar-refractivity contribution < 1.29 is 14.3 Å². The summed E-state index contributed by atoms with van der Waals surface area (Å²) in [6.45, 7) is 0. The molecule has 0 saturated carbocycles. The fourth-order valence-electron chi connectivity index (χ4n) is 1.72. The molecule has 2 aromatic carbocycles. The predicted octanol–water partition coefficient (Wildman–Crippen LogP) is 4.37. The first-order valence-electron chi connectivity index (χ1n) is 5.67. The number of hydrogen-bond acceptors (Lipinski definition) is 2. The van der Waals surface area contributed by atoms with Gasteiger partial charge in [0.15, 0.2) is 6.04 Å². The summed E-state index contributed by atoms with van der Waals surface area (Å²) < 4.78 is 13.1. The molecule has 3 nitrogen and oxygen atoms in total. The van der Waals surface area contributed by atoms with Crippen molar-refractivity contribution in [2.24, 2.45) is 0 Å². The van der Waals surface area contributed by atoms with Crippen molar-refractivity contribution in [1.82, 2.24) is 0 Å². The van der Waals surface area contributed by atoms with E-state index in [4.69, 9.17) is 23.2 Å². The zero-order valence-corrected chi connectivity index (χ0v) is 11.6. The molecule has 1 atom stereocenters. The van der Waals surface area contributed by atoms with E-state index in [1.807, 2.05) is 0 Å². The lowest BCUT2D eigenvalue weighted by Gasteiger charge is -2.16. The van der Waals surface area contributed by atoms with Gasteiger partial charge in [-0.3, -0.25) is 0 Å². The van der Waals surface area contributed by atoms with Crippen LogP contribution in [0.1, 0.15) is 11.6 Å². The highest BCUT2D eigenvalue weighted by Crippen LogP contribution is 2.27. The number of aliphatic carboxylic acids is 1. The average Bonchev–Trinajstić information content (AvgIpc) is 2.39. The summed E-state index contributed by atoms with van der Waals surface area (Å²) in [6.07, 6.45) is 0. The zero-order chi connectivity index (χ0) is 14.7. The van der Waals surface area contributed by atoms with E-state index in [1.54, 1.807) is 12.1 Å². The fraction of sp³-hybridized carbons (Fsp3) is 0.0714. The molecule has 0 bridgehead atoms.